The number of aryl methyl sites for hydroxylation is 1. The lowest BCUT2D eigenvalue weighted by Gasteiger charge is -2.23. The first-order valence-electron chi connectivity index (χ1n) is 7.16. The maximum atomic E-state index is 14.2. The van der Waals surface area contributed by atoms with Crippen molar-refractivity contribution in [3.8, 4) is 0 Å². The number of hydrogen-bond donors (Lipinski definition) is 1. The SMILES string of the molecule is CCC(N)Cc1c(F)cccc1N(C)Cc1scnc1C. The molecule has 0 aliphatic carbocycles. The highest BCUT2D eigenvalue weighted by molar-refractivity contribution is 7.09. The highest BCUT2D eigenvalue weighted by atomic mass is 32.1. The molecule has 0 spiro atoms. The van der Waals surface area contributed by atoms with Crippen LogP contribution < -0.4 is 10.6 Å². The standard InChI is InChI=1S/C16H22FN3S/c1-4-12(18)8-13-14(17)6-5-7-15(13)20(3)9-16-11(2)19-10-21-16/h5-7,10,12H,4,8-9,18H2,1-3H3. The summed E-state index contributed by atoms with van der Waals surface area (Å²) in [5.74, 6) is -0.177. The van der Waals surface area contributed by atoms with Gasteiger partial charge in [-0.15, -0.1) is 11.3 Å². The first kappa shape index (κ1) is 15.9. The minimum Gasteiger partial charge on any atom is -0.369 e. The molecule has 0 bridgehead atoms. The predicted octanol–water partition coefficient (Wildman–Crippen LogP) is 3.51. The molecule has 2 aromatic rings. The third-order valence-corrected chi connectivity index (χ3v) is 4.64. The van der Waals surface area contributed by atoms with Gasteiger partial charge in [-0.05, 0) is 31.9 Å². The normalized spacial score (nSPS) is 12.4. The number of nitrogens with zero attached hydrogens (tertiary/aromatic N) is 2. The first-order chi connectivity index (χ1) is 10.0. The van der Waals surface area contributed by atoms with Crippen LogP contribution in [0.4, 0.5) is 10.1 Å². The minimum absolute atomic E-state index is 0.0146. The largest absolute Gasteiger partial charge is 0.369 e. The topological polar surface area (TPSA) is 42.1 Å². The number of thiazole rings is 1. The van der Waals surface area contributed by atoms with Gasteiger partial charge in [-0.1, -0.05) is 13.0 Å². The van der Waals surface area contributed by atoms with Gasteiger partial charge in [0.1, 0.15) is 5.82 Å². The van der Waals surface area contributed by atoms with Gasteiger partial charge >= 0.3 is 0 Å². The molecule has 21 heavy (non-hydrogen) atoms. The minimum atomic E-state index is -0.177. The molecular formula is C16H22FN3S. The first-order valence-corrected chi connectivity index (χ1v) is 8.04. The van der Waals surface area contributed by atoms with Crippen molar-refractivity contribution in [2.75, 3.05) is 11.9 Å². The number of halogens is 1. The Balaban J connectivity index is 2.25. The quantitative estimate of drug-likeness (QED) is 0.888. The van der Waals surface area contributed by atoms with Crippen molar-refractivity contribution in [2.24, 2.45) is 5.73 Å². The van der Waals surface area contributed by atoms with Gasteiger partial charge in [-0.2, -0.15) is 0 Å². The molecule has 0 aliphatic rings. The fraction of sp³-hybridized carbons (Fsp3) is 0.438. The monoisotopic (exact) mass is 307 g/mol. The van der Waals surface area contributed by atoms with Crippen LogP contribution in [-0.2, 0) is 13.0 Å². The van der Waals surface area contributed by atoms with Gasteiger partial charge < -0.3 is 10.6 Å². The van der Waals surface area contributed by atoms with Crippen LogP contribution in [0.5, 0.6) is 0 Å². The summed E-state index contributed by atoms with van der Waals surface area (Å²) in [6.45, 7) is 4.75. The summed E-state index contributed by atoms with van der Waals surface area (Å²) in [4.78, 5) is 7.53. The zero-order valence-corrected chi connectivity index (χ0v) is 13.6. The molecule has 114 valence electrons. The van der Waals surface area contributed by atoms with Crippen LogP contribution in [0.25, 0.3) is 0 Å². The Hall–Kier alpha value is -1.46. The number of nitrogens with two attached hydrogens (primary N) is 1. The Labute approximate surface area is 129 Å². The van der Waals surface area contributed by atoms with E-state index >= 15 is 0 Å². The van der Waals surface area contributed by atoms with E-state index in [-0.39, 0.29) is 11.9 Å². The van der Waals surface area contributed by atoms with Crippen LogP contribution in [0.1, 0.15) is 29.5 Å². The fourth-order valence-electron chi connectivity index (χ4n) is 2.29. The summed E-state index contributed by atoms with van der Waals surface area (Å²) in [6, 6.07) is 5.20. The molecule has 0 aliphatic heterocycles. The second-order valence-corrected chi connectivity index (χ2v) is 6.27. The number of hydrogen-bond acceptors (Lipinski definition) is 4. The summed E-state index contributed by atoms with van der Waals surface area (Å²) in [7, 11) is 1.98. The number of rotatable bonds is 6. The Morgan fingerprint density at radius 2 is 2.19 bits per heavy atom. The Kier molecular flexibility index (Phi) is 5.31. The molecule has 0 amide bonds. The van der Waals surface area contributed by atoms with Gasteiger partial charge in [0.15, 0.2) is 0 Å². The average molecular weight is 307 g/mol. The van der Waals surface area contributed by atoms with Crippen molar-refractivity contribution >= 4 is 17.0 Å². The molecular weight excluding hydrogens is 285 g/mol. The van der Waals surface area contributed by atoms with Gasteiger partial charge in [0, 0.05) is 29.2 Å². The van der Waals surface area contributed by atoms with Gasteiger partial charge in [-0.3, -0.25) is 0 Å². The molecule has 1 atom stereocenters. The molecule has 1 aromatic heterocycles. The van der Waals surface area contributed by atoms with Crippen LogP contribution in [0, 0.1) is 12.7 Å². The van der Waals surface area contributed by atoms with E-state index < -0.39 is 0 Å². The summed E-state index contributed by atoms with van der Waals surface area (Å²) < 4.78 is 14.2. The summed E-state index contributed by atoms with van der Waals surface area (Å²) in [5.41, 5.74) is 10.5. The Bertz CT molecular complexity index is 597. The van der Waals surface area contributed by atoms with E-state index in [4.69, 9.17) is 5.73 Å². The molecule has 1 aromatic carbocycles. The predicted molar refractivity (Wildman–Crippen MR) is 87.3 cm³/mol. The van der Waals surface area contributed by atoms with Crippen molar-refractivity contribution in [3.05, 3.63) is 45.7 Å². The highest BCUT2D eigenvalue weighted by Crippen LogP contribution is 2.26. The van der Waals surface area contributed by atoms with Crippen LogP contribution in [-0.4, -0.2) is 18.1 Å². The van der Waals surface area contributed by atoms with Gasteiger partial charge in [0.25, 0.3) is 0 Å². The van der Waals surface area contributed by atoms with Gasteiger partial charge in [0.05, 0.1) is 17.7 Å². The van der Waals surface area contributed by atoms with E-state index in [1.807, 2.05) is 32.5 Å². The summed E-state index contributed by atoms with van der Waals surface area (Å²) in [6.07, 6.45) is 1.40. The maximum absolute atomic E-state index is 14.2. The highest BCUT2D eigenvalue weighted by Gasteiger charge is 2.15. The van der Waals surface area contributed by atoms with E-state index in [1.165, 1.54) is 10.9 Å². The van der Waals surface area contributed by atoms with E-state index in [1.54, 1.807) is 17.4 Å². The van der Waals surface area contributed by atoms with Crippen LogP contribution in [0.15, 0.2) is 23.7 Å². The second kappa shape index (κ2) is 7.00. The number of aromatic nitrogens is 1. The molecule has 1 unspecified atom stereocenters. The van der Waals surface area contributed by atoms with E-state index in [0.29, 0.717) is 12.0 Å². The van der Waals surface area contributed by atoms with Crippen molar-refractivity contribution in [1.82, 2.24) is 4.98 Å². The molecule has 2 rings (SSSR count). The molecule has 5 heteroatoms. The smallest absolute Gasteiger partial charge is 0.128 e. The molecule has 0 saturated carbocycles. The fourth-order valence-corrected chi connectivity index (χ4v) is 3.12. The Morgan fingerprint density at radius 3 is 2.81 bits per heavy atom. The molecule has 3 nitrogen and oxygen atoms in total. The lowest BCUT2D eigenvalue weighted by atomic mass is 10.0. The zero-order valence-electron chi connectivity index (χ0n) is 12.8. The van der Waals surface area contributed by atoms with Crippen molar-refractivity contribution in [1.29, 1.82) is 0 Å². The van der Waals surface area contributed by atoms with Crippen LogP contribution in [0.2, 0.25) is 0 Å². The lowest BCUT2D eigenvalue weighted by Crippen LogP contribution is -2.25. The van der Waals surface area contributed by atoms with Crippen LogP contribution >= 0.6 is 11.3 Å². The van der Waals surface area contributed by atoms with E-state index in [9.17, 15) is 4.39 Å². The summed E-state index contributed by atoms with van der Waals surface area (Å²) in [5, 5.41) is 0. The third-order valence-electron chi connectivity index (χ3n) is 3.72. The van der Waals surface area contributed by atoms with Gasteiger partial charge in [0.2, 0.25) is 0 Å². The summed E-state index contributed by atoms with van der Waals surface area (Å²) >= 11 is 1.63. The van der Waals surface area contributed by atoms with Crippen LogP contribution in [0.3, 0.4) is 0 Å². The lowest BCUT2D eigenvalue weighted by molar-refractivity contribution is 0.578. The Morgan fingerprint density at radius 1 is 1.43 bits per heavy atom. The number of benzene rings is 1. The number of anilines is 1. The molecule has 0 radical (unpaired) electrons. The second-order valence-electron chi connectivity index (χ2n) is 5.33. The molecule has 2 N–H and O–H groups in total. The zero-order chi connectivity index (χ0) is 15.4. The molecule has 1 heterocycles. The average Bonchev–Trinajstić information content (AvgIpc) is 2.86. The van der Waals surface area contributed by atoms with Crippen molar-refractivity contribution in [2.45, 2.75) is 39.3 Å². The van der Waals surface area contributed by atoms with Crippen molar-refractivity contribution in [3.63, 3.8) is 0 Å². The van der Waals surface area contributed by atoms with E-state index in [2.05, 4.69) is 9.88 Å². The maximum Gasteiger partial charge on any atom is 0.128 e. The van der Waals surface area contributed by atoms with Crippen molar-refractivity contribution < 1.29 is 4.39 Å². The third kappa shape index (κ3) is 3.80. The van der Waals surface area contributed by atoms with Gasteiger partial charge in [-0.25, -0.2) is 9.37 Å². The molecule has 0 saturated heterocycles. The van der Waals surface area contributed by atoms with E-state index in [0.717, 1.165) is 24.3 Å². The molecule has 0 fully saturated rings.